The molecule has 60 valence electrons. The Kier molecular flexibility index (Phi) is 1.37. The highest BCUT2D eigenvalue weighted by Crippen LogP contribution is 2.23. The highest BCUT2D eigenvalue weighted by atomic mass is 14.7. The van der Waals surface area contributed by atoms with Crippen LogP contribution in [0, 0.1) is 0 Å². The molecule has 0 fully saturated rings. The Morgan fingerprint density at radius 2 is 1.75 bits per heavy atom. The Bertz CT molecular complexity index is 383. The minimum atomic E-state index is 0.666. The van der Waals surface area contributed by atoms with Crippen molar-refractivity contribution in [2.45, 2.75) is 0 Å². The summed E-state index contributed by atoms with van der Waals surface area (Å²) in [5.41, 5.74) is 13.6. The van der Waals surface area contributed by atoms with Crippen LogP contribution in [0.3, 0.4) is 0 Å². The fourth-order valence-electron chi connectivity index (χ4n) is 1.22. The predicted molar refractivity (Wildman–Crippen MR) is 50.6 cm³/mol. The number of hydrogen-bond donors (Lipinski definition) is 2. The van der Waals surface area contributed by atoms with E-state index >= 15 is 0 Å². The Balaban J connectivity index is 2.95. The fourth-order valence-corrected chi connectivity index (χ4v) is 1.22. The monoisotopic (exact) mass is 159 g/mol. The van der Waals surface area contributed by atoms with E-state index in [4.69, 9.17) is 11.5 Å². The third-order valence-corrected chi connectivity index (χ3v) is 1.83. The van der Waals surface area contributed by atoms with Gasteiger partial charge in [0, 0.05) is 17.3 Å². The summed E-state index contributed by atoms with van der Waals surface area (Å²) in [5, 5.41) is 0.914. The number of nitrogens with two attached hydrogens (primary N) is 2. The number of benzene rings is 1. The second-order valence-corrected chi connectivity index (χ2v) is 2.64. The Labute approximate surface area is 70.0 Å². The third kappa shape index (κ3) is 0.871. The molecular formula is C9H9N3. The van der Waals surface area contributed by atoms with Gasteiger partial charge in [-0.2, -0.15) is 0 Å². The molecule has 4 N–H and O–H groups in total. The average Bonchev–Trinajstić information content (AvgIpc) is 2.12. The zero-order valence-corrected chi connectivity index (χ0v) is 6.49. The summed E-state index contributed by atoms with van der Waals surface area (Å²) in [4.78, 5) is 4.14. The molecule has 2 rings (SSSR count). The molecule has 0 radical (unpaired) electrons. The smallest absolute Gasteiger partial charge is 0.0951 e. The standard InChI is InChI=1S/C9H9N3/c10-7-3-4-8(11)9-6(7)2-1-5-12-9/h1-5H,10-11H2. The van der Waals surface area contributed by atoms with Crippen molar-refractivity contribution in [2.75, 3.05) is 11.5 Å². The van der Waals surface area contributed by atoms with Crippen molar-refractivity contribution in [3.05, 3.63) is 30.5 Å². The summed E-state index contributed by atoms with van der Waals surface area (Å²) in [6, 6.07) is 7.32. The van der Waals surface area contributed by atoms with Crippen molar-refractivity contribution in [3.8, 4) is 0 Å². The van der Waals surface area contributed by atoms with Gasteiger partial charge in [0.25, 0.3) is 0 Å². The van der Waals surface area contributed by atoms with Crippen LogP contribution in [0.2, 0.25) is 0 Å². The molecule has 0 saturated carbocycles. The maximum absolute atomic E-state index is 5.73. The summed E-state index contributed by atoms with van der Waals surface area (Å²) in [5.74, 6) is 0. The zero-order valence-electron chi connectivity index (χ0n) is 6.49. The molecule has 2 aromatic rings. The SMILES string of the molecule is Nc1ccc(N)c2ncccc12. The van der Waals surface area contributed by atoms with E-state index in [-0.39, 0.29) is 0 Å². The molecule has 0 saturated heterocycles. The number of hydrogen-bond acceptors (Lipinski definition) is 3. The summed E-state index contributed by atoms with van der Waals surface area (Å²) >= 11 is 0. The van der Waals surface area contributed by atoms with Crippen LogP contribution in [-0.4, -0.2) is 4.98 Å². The minimum Gasteiger partial charge on any atom is -0.398 e. The van der Waals surface area contributed by atoms with Crippen molar-refractivity contribution in [2.24, 2.45) is 0 Å². The summed E-state index contributed by atoms with van der Waals surface area (Å²) in [7, 11) is 0. The molecule has 0 aliphatic rings. The third-order valence-electron chi connectivity index (χ3n) is 1.83. The minimum absolute atomic E-state index is 0.666. The molecule has 0 spiro atoms. The maximum Gasteiger partial charge on any atom is 0.0951 e. The van der Waals surface area contributed by atoms with Gasteiger partial charge in [0.15, 0.2) is 0 Å². The van der Waals surface area contributed by atoms with Gasteiger partial charge in [-0.15, -0.1) is 0 Å². The van der Waals surface area contributed by atoms with E-state index in [9.17, 15) is 0 Å². The Morgan fingerprint density at radius 1 is 1.00 bits per heavy atom. The number of nitrogens with zero attached hydrogens (tertiary/aromatic N) is 1. The van der Waals surface area contributed by atoms with Crippen LogP contribution in [0.4, 0.5) is 11.4 Å². The van der Waals surface area contributed by atoms with Crippen molar-refractivity contribution in [1.29, 1.82) is 0 Å². The predicted octanol–water partition coefficient (Wildman–Crippen LogP) is 1.40. The van der Waals surface area contributed by atoms with Gasteiger partial charge < -0.3 is 11.5 Å². The molecule has 1 aromatic carbocycles. The van der Waals surface area contributed by atoms with Gasteiger partial charge in [-0.1, -0.05) is 0 Å². The normalized spacial score (nSPS) is 10.3. The molecule has 1 heterocycles. The van der Waals surface area contributed by atoms with Gasteiger partial charge in [0.2, 0.25) is 0 Å². The molecule has 12 heavy (non-hydrogen) atoms. The maximum atomic E-state index is 5.73. The van der Waals surface area contributed by atoms with Crippen LogP contribution in [0.5, 0.6) is 0 Å². The van der Waals surface area contributed by atoms with E-state index in [1.165, 1.54) is 0 Å². The number of fused-ring (bicyclic) bond motifs is 1. The molecular weight excluding hydrogens is 150 g/mol. The lowest BCUT2D eigenvalue weighted by Gasteiger charge is -2.02. The lowest BCUT2D eigenvalue weighted by Crippen LogP contribution is -1.93. The van der Waals surface area contributed by atoms with Crippen molar-refractivity contribution in [1.82, 2.24) is 4.98 Å². The van der Waals surface area contributed by atoms with Crippen LogP contribution in [0.15, 0.2) is 30.5 Å². The number of nitrogen functional groups attached to an aromatic ring is 2. The van der Waals surface area contributed by atoms with E-state index in [1.54, 1.807) is 18.3 Å². The fraction of sp³-hybridized carbons (Fsp3) is 0. The second kappa shape index (κ2) is 2.37. The first-order chi connectivity index (χ1) is 5.79. The first kappa shape index (κ1) is 6.91. The second-order valence-electron chi connectivity index (χ2n) is 2.64. The summed E-state index contributed by atoms with van der Waals surface area (Å²) < 4.78 is 0. The lowest BCUT2D eigenvalue weighted by atomic mass is 10.1. The largest absolute Gasteiger partial charge is 0.398 e. The van der Waals surface area contributed by atoms with Crippen LogP contribution >= 0.6 is 0 Å². The van der Waals surface area contributed by atoms with Gasteiger partial charge in [0.05, 0.1) is 11.2 Å². The summed E-state index contributed by atoms with van der Waals surface area (Å²) in [6.45, 7) is 0. The number of rotatable bonds is 0. The van der Waals surface area contributed by atoms with E-state index in [2.05, 4.69) is 4.98 Å². The van der Waals surface area contributed by atoms with Gasteiger partial charge in [-0.3, -0.25) is 4.98 Å². The quantitative estimate of drug-likeness (QED) is 0.571. The molecule has 1 aromatic heterocycles. The van der Waals surface area contributed by atoms with E-state index in [0.717, 1.165) is 10.9 Å². The van der Waals surface area contributed by atoms with E-state index in [0.29, 0.717) is 11.4 Å². The molecule has 0 aliphatic heterocycles. The average molecular weight is 159 g/mol. The first-order valence-electron chi connectivity index (χ1n) is 3.68. The molecule has 3 heteroatoms. The van der Waals surface area contributed by atoms with Gasteiger partial charge >= 0.3 is 0 Å². The van der Waals surface area contributed by atoms with Crippen molar-refractivity contribution >= 4 is 22.3 Å². The van der Waals surface area contributed by atoms with Crippen LogP contribution in [0.1, 0.15) is 0 Å². The van der Waals surface area contributed by atoms with Gasteiger partial charge in [-0.05, 0) is 24.3 Å². The van der Waals surface area contributed by atoms with E-state index in [1.807, 2.05) is 12.1 Å². The molecule has 0 unspecified atom stereocenters. The van der Waals surface area contributed by atoms with Crippen LogP contribution in [-0.2, 0) is 0 Å². The highest BCUT2D eigenvalue weighted by molar-refractivity contribution is 5.97. The van der Waals surface area contributed by atoms with Crippen molar-refractivity contribution in [3.63, 3.8) is 0 Å². The summed E-state index contributed by atoms with van der Waals surface area (Å²) in [6.07, 6.45) is 1.71. The van der Waals surface area contributed by atoms with Crippen LogP contribution in [0.25, 0.3) is 10.9 Å². The van der Waals surface area contributed by atoms with Crippen LogP contribution < -0.4 is 11.5 Å². The van der Waals surface area contributed by atoms with E-state index < -0.39 is 0 Å². The molecule has 0 amide bonds. The molecule has 0 aliphatic carbocycles. The Morgan fingerprint density at radius 3 is 2.50 bits per heavy atom. The molecule has 3 nitrogen and oxygen atoms in total. The van der Waals surface area contributed by atoms with Crippen molar-refractivity contribution < 1.29 is 0 Å². The highest BCUT2D eigenvalue weighted by Gasteiger charge is 2.00. The van der Waals surface area contributed by atoms with Gasteiger partial charge in [0.1, 0.15) is 0 Å². The zero-order chi connectivity index (χ0) is 8.55. The van der Waals surface area contributed by atoms with Gasteiger partial charge in [-0.25, -0.2) is 0 Å². The Hall–Kier alpha value is -1.77. The number of anilines is 2. The number of pyridine rings is 1. The molecule has 0 atom stereocenters. The number of aromatic nitrogens is 1. The topological polar surface area (TPSA) is 64.9 Å². The first-order valence-corrected chi connectivity index (χ1v) is 3.68. The molecule has 0 bridgehead atoms. The lowest BCUT2D eigenvalue weighted by molar-refractivity contribution is 1.41.